The molecule has 2 aromatic rings. The first-order valence-corrected chi connectivity index (χ1v) is 9.91. The maximum Gasteiger partial charge on any atom is 0.275 e. The zero-order valence-corrected chi connectivity index (χ0v) is 16.2. The van der Waals surface area contributed by atoms with Gasteiger partial charge < -0.3 is 19.7 Å². The molecular weight excluding hydrogens is 348 g/mol. The first-order chi connectivity index (χ1) is 12.5. The van der Waals surface area contributed by atoms with Gasteiger partial charge in [0.15, 0.2) is 18.0 Å². The number of nitrogens with one attached hydrogen (secondary N) is 2. The number of carbonyl (C=O) groups is 1. The van der Waals surface area contributed by atoms with Crippen LogP contribution in [0.2, 0.25) is 0 Å². The molecule has 0 saturated heterocycles. The molecule has 1 amide bonds. The number of quaternary nitrogens is 1. The highest BCUT2D eigenvalue weighted by Crippen LogP contribution is 2.34. The minimum absolute atomic E-state index is 0.0356. The van der Waals surface area contributed by atoms with Gasteiger partial charge in [0.05, 0.1) is 13.1 Å². The van der Waals surface area contributed by atoms with Gasteiger partial charge in [0.25, 0.3) is 5.91 Å². The number of ether oxygens (including phenoxy) is 2. The molecule has 1 unspecified atom stereocenters. The third kappa shape index (κ3) is 4.71. The van der Waals surface area contributed by atoms with E-state index < -0.39 is 0 Å². The van der Waals surface area contributed by atoms with Gasteiger partial charge in [0.1, 0.15) is 6.54 Å². The Balaban J connectivity index is 1.50. The minimum atomic E-state index is -0.0781. The Morgan fingerprint density at radius 3 is 2.65 bits per heavy atom. The highest BCUT2D eigenvalue weighted by Gasteiger charge is 2.18. The van der Waals surface area contributed by atoms with Gasteiger partial charge in [-0.15, -0.1) is 11.8 Å². The molecule has 2 aromatic carbocycles. The molecule has 26 heavy (non-hydrogen) atoms. The molecule has 5 nitrogen and oxygen atoms in total. The fraction of sp³-hybridized carbons (Fsp3) is 0.350. The summed E-state index contributed by atoms with van der Waals surface area (Å²) in [7, 11) is 2.04. The first kappa shape index (κ1) is 18.6. The van der Waals surface area contributed by atoms with E-state index in [-0.39, 0.29) is 18.7 Å². The van der Waals surface area contributed by atoms with Crippen LogP contribution in [-0.2, 0) is 11.3 Å². The van der Waals surface area contributed by atoms with Crippen molar-refractivity contribution in [1.29, 1.82) is 0 Å². The van der Waals surface area contributed by atoms with Crippen LogP contribution in [0.3, 0.4) is 0 Å². The van der Waals surface area contributed by atoms with Crippen LogP contribution in [0.1, 0.15) is 24.1 Å². The Morgan fingerprint density at radius 1 is 1.19 bits per heavy atom. The molecule has 2 atom stereocenters. The van der Waals surface area contributed by atoms with Gasteiger partial charge in [-0.1, -0.05) is 18.2 Å². The fourth-order valence-electron chi connectivity index (χ4n) is 2.99. The second-order valence-corrected chi connectivity index (χ2v) is 7.44. The number of carbonyl (C=O) groups excluding carboxylic acids is 1. The molecule has 0 radical (unpaired) electrons. The van der Waals surface area contributed by atoms with Crippen LogP contribution in [0.25, 0.3) is 0 Å². The van der Waals surface area contributed by atoms with E-state index in [0.29, 0.717) is 6.54 Å². The number of thioether (sulfide) groups is 1. The average Bonchev–Trinajstić information content (AvgIpc) is 3.09. The van der Waals surface area contributed by atoms with Crippen molar-refractivity contribution >= 4 is 17.7 Å². The van der Waals surface area contributed by atoms with E-state index in [1.165, 1.54) is 10.5 Å². The third-order valence-electron chi connectivity index (χ3n) is 4.40. The number of hydrogen-bond donors (Lipinski definition) is 2. The normalized spacial score (nSPS) is 14.7. The van der Waals surface area contributed by atoms with Gasteiger partial charge in [0.2, 0.25) is 6.79 Å². The minimum Gasteiger partial charge on any atom is -0.454 e. The molecule has 0 aliphatic carbocycles. The second kappa shape index (κ2) is 8.47. The molecule has 0 saturated carbocycles. The third-order valence-corrected chi connectivity index (χ3v) is 5.14. The monoisotopic (exact) mass is 373 g/mol. The number of fused-ring (bicyclic) bond motifs is 1. The molecule has 1 heterocycles. The number of benzene rings is 2. The molecule has 138 valence electrons. The lowest BCUT2D eigenvalue weighted by atomic mass is 10.1. The number of hydrogen-bond acceptors (Lipinski definition) is 4. The molecule has 6 heteroatoms. The van der Waals surface area contributed by atoms with Gasteiger partial charge in [-0.25, -0.2) is 0 Å². The van der Waals surface area contributed by atoms with Crippen molar-refractivity contribution in [2.75, 3.05) is 26.6 Å². The number of likely N-dealkylation sites (N-methyl/N-ethyl adjacent to an activating group) is 1. The Bertz CT molecular complexity index is 764. The Kier molecular flexibility index (Phi) is 6.06. The fourth-order valence-corrected chi connectivity index (χ4v) is 3.39. The summed E-state index contributed by atoms with van der Waals surface area (Å²) in [5, 5.41) is 3.06. The van der Waals surface area contributed by atoms with E-state index in [1.54, 1.807) is 11.8 Å². The van der Waals surface area contributed by atoms with Crippen LogP contribution in [0.15, 0.2) is 47.4 Å². The summed E-state index contributed by atoms with van der Waals surface area (Å²) in [6.45, 7) is 3.48. The molecule has 3 rings (SSSR count). The highest BCUT2D eigenvalue weighted by atomic mass is 32.2. The van der Waals surface area contributed by atoms with Gasteiger partial charge in [-0.05, 0) is 43.0 Å². The summed E-state index contributed by atoms with van der Waals surface area (Å²) in [6, 6.07) is 14.2. The van der Waals surface area contributed by atoms with Gasteiger partial charge in [-0.2, -0.15) is 0 Å². The summed E-state index contributed by atoms with van der Waals surface area (Å²) < 4.78 is 10.7. The van der Waals surface area contributed by atoms with Crippen LogP contribution in [0, 0.1) is 0 Å². The summed E-state index contributed by atoms with van der Waals surface area (Å²) >= 11 is 1.73. The lowest BCUT2D eigenvalue weighted by Crippen LogP contribution is -3.08. The Labute approximate surface area is 158 Å². The molecule has 1 aliphatic heterocycles. The Hall–Kier alpha value is -2.18. The molecule has 0 spiro atoms. The van der Waals surface area contributed by atoms with Crippen LogP contribution >= 0.6 is 11.8 Å². The van der Waals surface area contributed by atoms with Gasteiger partial charge in [-0.3, -0.25) is 4.79 Å². The molecule has 2 N–H and O–H groups in total. The zero-order chi connectivity index (χ0) is 18.5. The standard InChI is InChI=1S/C20H24N2O3S/c1-14(16-6-9-18-19(10-16)25-13-24-18)21-20(23)12-22(2)11-15-4-7-17(26-3)8-5-15/h4-10,14H,11-13H2,1-3H3,(H,21,23)/p+1/t14-/m1/s1. The van der Waals surface area contributed by atoms with Crippen LogP contribution in [0.5, 0.6) is 11.5 Å². The van der Waals surface area contributed by atoms with E-state index >= 15 is 0 Å². The van der Waals surface area contributed by atoms with E-state index in [4.69, 9.17) is 9.47 Å². The summed E-state index contributed by atoms with van der Waals surface area (Å²) in [6.07, 6.45) is 2.07. The van der Waals surface area contributed by atoms with Crippen LogP contribution < -0.4 is 19.7 Å². The van der Waals surface area contributed by atoms with Crippen LogP contribution in [0.4, 0.5) is 0 Å². The first-order valence-electron chi connectivity index (χ1n) is 8.68. The van der Waals surface area contributed by atoms with Gasteiger partial charge in [0, 0.05) is 10.5 Å². The van der Waals surface area contributed by atoms with Crippen LogP contribution in [-0.4, -0.2) is 32.5 Å². The van der Waals surface area contributed by atoms with E-state index in [1.807, 2.05) is 32.2 Å². The van der Waals surface area contributed by atoms with Crippen molar-refractivity contribution < 1.29 is 19.2 Å². The molecular formula is C20H25N2O3S+. The molecule has 0 aromatic heterocycles. The lowest BCUT2D eigenvalue weighted by Gasteiger charge is -2.18. The maximum absolute atomic E-state index is 12.4. The van der Waals surface area contributed by atoms with E-state index in [9.17, 15) is 4.79 Å². The predicted octanol–water partition coefficient (Wildman–Crippen LogP) is 2.03. The predicted molar refractivity (Wildman–Crippen MR) is 103 cm³/mol. The van der Waals surface area contributed by atoms with Crippen molar-refractivity contribution in [2.45, 2.75) is 24.4 Å². The quantitative estimate of drug-likeness (QED) is 0.730. The summed E-state index contributed by atoms with van der Waals surface area (Å²) in [4.78, 5) is 14.8. The van der Waals surface area contributed by atoms with Crippen molar-refractivity contribution in [1.82, 2.24) is 5.32 Å². The van der Waals surface area contributed by atoms with Crippen molar-refractivity contribution in [2.24, 2.45) is 0 Å². The molecule has 0 fully saturated rings. The second-order valence-electron chi connectivity index (χ2n) is 6.56. The number of rotatable bonds is 7. The average molecular weight is 373 g/mol. The van der Waals surface area contributed by atoms with E-state index in [2.05, 4.69) is 35.8 Å². The topological polar surface area (TPSA) is 52.0 Å². The smallest absolute Gasteiger partial charge is 0.275 e. The maximum atomic E-state index is 12.4. The van der Waals surface area contributed by atoms with Gasteiger partial charge >= 0.3 is 0 Å². The van der Waals surface area contributed by atoms with Crippen molar-refractivity contribution in [3.05, 3.63) is 53.6 Å². The largest absolute Gasteiger partial charge is 0.454 e. The highest BCUT2D eigenvalue weighted by molar-refractivity contribution is 7.98. The SMILES string of the molecule is CSc1ccc(C[NH+](C)CC(=O)N[C@H](C)c2ccc3c(c2)OCO3)cc1. The molecule has 1 aliphatic rings. The number of amides is 1. The summed E-state index contributed by atoms with van der Waals surface area (Å²) in [5.41, 5.74) is 2.24. The van der Waals surface area contributed by atoms with Crippen molar-refractivity contribution in [3.63, 3.8) is 0 Å². The zero-order valence-electron chi connectivity index (χ0n) is 15.4. The lowest BCUT2D eigenvalue weighted by molar-refractivity contribution is -0.885. The van der Waals surface area contributed by atoms with E-state index in [0.717, 1.165) is 28.5 Å². The van der Waals surface area contributed by atoms with Crippen molar-refractivity contribution in [3.8, 4) is 11.5 Å². The summed E-state index contributed by atoms with van der Waals surface area (Å²) in [5.74, 6) is 1.53. The Morgan fingerprint density at radius 2 is 1.92 bits per heavy atom. The molecule has 0 bridgehead atoms.